The third-order valence-electron chi connectivity index (χ3n) is 15.0. The topological polar surface area (TPSA) is 585 Å². The van der Waals surface area contributed by atoms with Crippen LogP contribution in [-0.4, -0.2) is 198 Å². The van der Waals surface area contributed by atoms with Gasteiger partial charge in [-0.05, 0) is 139 Å². The van der Waals surface area contributed by atoms with Gasteiger partial charge in [0.05, 0.1) is 19.1 Å². The minimum atomic E-state index is -1.43. The average Bonchev–Trinajstić information content (AvgIpc) is 1.76. The summed E-state index contributed by atoms with van der Waals surface area (Å²) in [6.45, 7) is 4.24. The van der Waals surface area contributed by atoms with E-state index in [1.165, 1.54) is 24.0 Å². The standard InChI is InChI=1S/C61H99N21O13/c1-35(2)31-46(81-54(90)43(25-22-37-13-5-4-6-14-37)76-49(85)34-73-48(84)33-74-51(87)40(63)32-38-20-23-39(83)24-21-38)55(91)78-42(17-10-28-71-60(66)67)53(89)77-41(16-9-27-70-59(64)65)52(88)75-36(3)50(86)79-44(18-11-29-72-61(68)69)57(93)82-30-12-19-47(82)56(92)80-45(58(94)95)15-7-8-26-62/h4-6,13-14,20-21,23-24,35-36,40-47,83H,7-12,15-19,22,25-34,62-63H2,1-3H3,(H,73,84)(H,74,87)(H,75,88)(H,76,85)(H,77,89)(H,78,91)(H,79,86)(H,80,92)(H,81,90)(H,94,95)(H4,64,65,70)(H4,66,67,71)(H4,68,69,72)/t36-,40+,41+,42+,43-,44+,45+,46+,47+/m1/s1. The van der Waals surface area contributed by atoms with Crippen molar-refractivity contribution < 1.29 is 63.0 Å². The summed E-state index contributed by atoms with van der Waals surface area (Å²) in [5.41, 5.74) is 46.4. The summed E-state index contributed by atoms with van der Waals surface area (Å²) in [5, 5.41) is 42.7. The van der Waals surface area contributed by atoms with Gasteiger partial charge in [0, 0.05) is 26.2 Å². The van der Waals surface area contributed by atoms with Crippen LogP contribution in [0, 0.1) is 5.92 Å². The Bertz CT molecular complexity index is 2940. The number of phenolic OH excluding ortho intramolecular Hbond substituents is 1. The quantitative estimate of drug-likeness (QED) is 0.0168. The number of nitrogens with one attached hydrogen (secondary N) is 9. The molecule has 0 aromatic heterocycles. The second-order valence-electron chi connectivity index (χ2n) is 23.4. The van der Waals surface area contributed by atoms with Crippen molar-refractivity contribution in [3.05, 3.63) is 65.7 Å². The zero-order valence-electron chi connectivity index (χ0n) is 54.3. The summed E-state index contributed by atoms with van der Waals surface area (Å²) in [7, 11) is 0. The molecule has 0 bridgehead atoms. The molecule has 2 aromatic rings. The molecule has 1 aliphatic rings. The average molecular weight is 1330 g/mol. The van der Waals surface area contributed by atoms with E-state index in [0.29, 0.717) is 31.4 Å². The Morgan fingerprint density at radius 3 is 1.57 bits per heavy atom. The number of carbonyl (C=O) groups is 11. The van der Waals surface area contributed by atoms with Gasteiger partial charge in [-0.3, -0.25) is 62.9 Å². The van der Waals surface area contributed by atoms with Gasteiger partial charge in [0.15, 0.2) is 17.9 Å². The number of phenols is 1. The lowest BCUT2D eigenvalue weighted by molar-refractivity contribution is -0.145. The van der Waals surface area contributed by atoms with E-state index in [1.54, 1.807) is 44.2 Å². The number of benzene rings is 2. The molecule has 1 fully saturated rings. The van der Waals surface area contributed by atoms with Gasteiger partial charge in [-0.1, -0.05) is 56.3 Å². The zero-order valence-corrected chi connectivity index (χ0v) is 54.3. The van der Waals surface area contributed by atoms with Crippen LogP contribution in [0.25, 0.3) is 0 Å². The van der Waals surface area contributed by atoms with Crippen LogP contribution in [0.5, 0.6) is 5.75 Å². The van der Waals surface area contributed by atoms with Gasteiger partial charge in [-0.15, -0.1) is 0 Å². The summed E-state index contributed by atoms with van der Waals surface area (Å²) in [4.78, 5) is 164. The Balaban J connectivity index is 1.86. The lowest BCUT2D eigenvalue weighted by Crippen LogP contribution is -2.60. The largest absolute Gasteiger partial charge is 0.508 e. The van der Waals surface area contributed by atoms with Crippen molar-refractivity contribution >= 4 is 82.9 Å². The molecule has 27 N–H and O–H groups in total. The van der Waals surface area contributed by atoms with Crippen molar-refractivity contribution in [3.8, 4) is 5.75 Å². The highest BCUT2D eigenvalue weighted by Crippen LogP contribution is 2.21. The Hall–Kier alpha value is -9.86. The van der Waals surface area contributed by atoms with Crippen molar-refractivity contribution in [1.29, 1.82) is 0 Å². The number of hydrogen-bond acceptors (Lipinski definition) is 17. The van der Waals surface area contributed by atoms with E-state index in [9.17, 15) is 63.0 Å². The molecule has 10 amide bonds. The first kappa shape index (κ1) is 79.4. The van der Waals surface area contributed by atoms with Crippen LogP contribution in [0.4, 0.5) is 0 Å². The molecular formula is C61H99N21O13. The second-order valence-corrected chi connectivity index (χ2v) is 23.4. The fourth-order valence-corrected chi connectivity index (χ4v) is 10.0. The molecule has 0 aliphatic carbocycles. The van der Waals surface area contributed by atoms with E-state index in [-0.39, 0.29) is 133 Å². The van der Waals surface area contributed by atoms with Crippen LogP contribution in [0.1, 0.15) is 115 Å². The molecule has 0 saturated carbocycles. The first-order chi connectivity index (χ1) is 45.1. The lowest BCUT2D eigenvalue weighted by Gasteiger charge is -2.30. The van der Waals surface area contributed by atoms with Crippen molar-refractivity contribution in [3.63, 3.8) is 0 Å². The first-order valence-corrected chi connectivity index (χ1v) is 31.7. The molecule has 34 heteroatoms. The smallest absolute Gasteiger partial charge is 0.326 e. The molecule has 0 spiro atoms. The SMILES string of the molecule is CC(C)C[C@H](NC(=O)[C@@H](CCc1ccccc1)NC(=O)CNC(=O)CNC(=O)[C@@H](N)Cc1ccc(O)cc1)C(=O)N[C@@H](CCCN=C(N)N)C(=O)N[C@@H](CCCN=C(N)N)C(=O)N[C@H](C)C(=O)N[C@@H](CCCN=C(N)N)C(=O)N1CCC[C@H]1C(=O)N[C@@H](CCCCN)C(=O)O. The highest BCUT2D eigenvalue weighted by Gasteiger charge is 2.40. The van der Waals surface area contributed by atoms with E-state index in [1.807, 2.05) is 12.1 Å². The predicted molar refractivity (Wildman–Crippen MR) is 354 cm³/mol. The van der Waals surface area contributed by atoms with Crippen LogP contribution in [-0.2, 0) is 65.6 Å². The first-order valence-electron chi connectivity index (χ1n) is 31.7. The number of carbonyl (C=O) groups excluding carboxylic acids is 10. The molecule has 34 nitrogen and oxygen atoms in total. The molecule has 0 radical (unpaired) electrons. The molecule has 3 rings (SSSR count). The fraction of sp³-hybridized carbons (Fsp3) is 0.574. The third kappa shape index (κ3) is 31.1. The Morgan fingerprint density at radius 2 is 1.03 bits per heavy atom. The molecule has 1 heterocycles. The summed E-state index contributed by atoms with van der Waals surface area (Å²) in [6, 6.07) is 3.61. The number of rotatable bonds is 43. The number of amides is 10. The predicted octanol–water partition coefficient (Wildman–Crippen LogP) is -5.05. The molecule has 526 valence electrons. The van der Waals surface area contributed by atoms with E-state index in [4.69, 9.17) is 45.9 Å². The van der Waals surface area contributed by atoms with Crippen molar-refractivity contribution in [1.82, 2.24) is 52.8 Å². The van der Waals surface area contributed by atoms with E-state index in [2.05, 4.69) is 62.8 Å². The molecular weight excluding hydrogens is 1230 g/mol. The van der Waals surface area contributed by atoms with Crippen molar-refractivity contribution in [2.45, 2.75) is 171 Å². The normalized spacial score (nSPS) is 15.1. The van der Waals surface area contributed by atoms with Gasteiger partial charge in [0.2, 0.25) is 59.1 Å². The number of aliphatic carboxylic acids is 1. The van der Waals surface area contributed by atoms with E-state index in [0.717, 1.165) is 5.56 Å². The van der Waals surface area contributed by atoms with Crippen LogP contribution in [0.3, 0.4) is 0 Å². The van der Waals surface area contributed by atoms with Gasteiger partial charge < -0.3 is 109 Å². The Morgan fingerprint density at radius 1 is 0.537 bits per heavy atom. The minimum absolute atomic E-state index is 0.00105. The van der Waals surface area contributed by atoms with Gasteiger partial charge in [-0.25, -0.2) is 4.79 Å². The number of carboxylic acids is 1. The lowest BCUT2D eigenvalue weighted by atomic mass is 10.00. The van der Waals surface area contributed by atoms with Gasteiger partial charge in [0.25, 0.3) is 0 Å². The Labute approximate surface area is 552 Å². The number of aromatic hydroxyl groups is 1. The number of unbranched alkanes of at least 4 members (excludes halogenated alkanes) is 1. The number of likely N-dealkylation sites (tertiary alicyclic amines) is 1. The summed E-state index contributed by atoms with van der Waals surface area (Å²) in [6.07, 6.45) is 2.20. The number of aliphatic imine (C=N–C) groups is 3. The van der Waals surface area contributed by atoms with Gasteiger partial charge in [-0.2, -0.15) is 0 Å². The maximum atomic E-state index is 14.6. The summed E-state index contributed by atoms with van der Waals surface area (Å²) in [5.74, 6) is -9.95. The maximum Gasteiger partial charge on any atom is 0.326 e. The summed E-state index contributed by atoms with van der Waals surface area (Å²) < 4.78 is 0. The monoisotopic (exact) mass is 1330 g/mol. The van der Waals surface area contributed by atoms with Crippen molar-refractivity contribution in [2.75, 3.05) is 45.8 Å². The molecule has 0 unspecified atom stereocenters. The van der Waals surface area contributed by atoms with Crippen LogP contribution < -0.4 is 93.7 Å². The number of nitrogens with zero attached hydrogens (tertiary/aromatic N) is 4. The zero-order chi connectivity index (χ0) is 70.6. The molecule has 1 aliphatic heterocycles. The molecule has 1 saturated heterocycles. The highest BCUT2D eigenvalue weighted by atomic mass is 16.4. The Kier molecular flexibility index (Phi) is 35.4. The molecule has 95 heavy (non-hydrogen) atoms. The van der Waals surface area contributed by atoms with Crippen LogP contribution in [0.15, 0.2) is 69.6 Å². The van der Waals surface area contributed by atoms with Crippen LogP contribution in [0.2, 0.25) is 0 Å². The number of carboxylic acid groups (broad SMARTS) is 1. The highest BCUT2D eigenvalue weighted by molar-refractivity contribution is 5.98. The van der Waals surface area contributed by atoms with Gasteiger partial charge >= 0.3 is 5.97 Å². The number of guanidine groups is 3. The second kappa shape index (κ2) is 42.4. The molecule has 9 atom stereocenters. The molecule has 2 aromatic carbocycles. The van der Waals surface area contributed by atoms with E-state index < -0.39 is 133 Å². The van der Waals surface area contributed by atoms with Crippen LogP contribution >= 0.6 is 0 Å². The van der Waals surface area contributed by atoms with E-state index >= 15 is 0 Å². The number of nitrogens with two attached hydrogens (primary N) is 8. The van der Waals surface area contributed by atoms with Crippen molar-refractivity contribution in [2.24, 2.45) is 66.8 Å². The summed E-state index contributed by atoms with van der Waals surface area (Å²) >= 11 is 0. The minimum Gasteiger partial charge on any atom is -0.508 e. The number of hydrogen-bond donors (Lipinski definition) is 19. The third-order valence-corrected chi connectivity index (χ3v) is 15.0. The maximum absolute atomic E-state index is 14.6. The van der Waals surface area contributed by atoms with Gasteiger partial charge in [0.1, 0.15) is 54.1 Å². The number of aryl methyl sites for hydroxylation is 1. The fourth-order valence-electron chi connectivity index (χ4n) is 10.0.